The summed E-state index contributed by atoms with van der Waals surface area (Å²) in [4.78, 5) is 3.97. The van der Waals surface area contributed by atoms with Gasteiger partial charge in [-0.25, -0.2) is 0 Å². The van der Waals surface area contributed by atoms with Crippen molar-refractivity contribution in [2.24, 2.45) is 10.9 Å². The molecule has 0 heterocycles. The van der Waals surface area contributed by atoms with Crippen molar-refractivity contribution in [3.8, 4) is 0 Å². The molecule has 2 heteroatoms. The van der Waals surface area contributed by atoms with E-state index < -0.39 is 0 Å². The molecule has 1 aliphatic carbocycles. The summed E-state index contributed by atoms with van der Waals surface area (Å²) in [7, 11) is 0. The predicted molar refractivity (Wildman–Crippen MR) is 112 cm³/mol. The van der Waals surface area contributed by atoms with E-state index in [1.807, 2.05) is 18.4 Å². The number of nitrogens with zero attached hydrogens (tertiary/aromatic N) is 1. The standard InChI is InChI=1S/C23H28N2/c1-6-8-17(3)23(7-2)21-12-11-20(22(15-21)16-24-5)13-14-25-18(4)19-9-10-19/h6-8,11-13,15-16,19,25H,1,4-5,9-10,14H2,2-3H3/b17-8-,20-13-,22-16-,23-7+. The van der Waals surface area contributed by atoms with Gasteiger partial charge in [0.15, 0.2) is 0 Å². The molecule has 2 nitrogen and oxygen atoms in total. The number of hydrogen-bond acceptors (Lipinski definition) is 2. The molecule has 0 radical (unpaired) electrons. The van der Waals surface area contributed by atoms with Crippen molar-refractivity contribution in [1.82, 2.24) is 5.32 Å². The molecule has 130 valence electrons. The number of hydrogen-bond donors (Lipinski definition) is 1. The number of rotatable bonds is 8. The van der Waals surface area contributed by atoms with Gasteiger partial charge in [0.05, 0.1) is 0 Å². The molecular weight excluding hydrogens is 304 g/mol. The lowest BCUT2D eigenvalue weighted by Crippen LogP contribution is -2.27. The molecule has 0 amide bonds. The van der Waals surface area contributed by atoms with Crippen molar-refractivity contribution in [3.63, 3.8) is 0 Å². The van der Waals surface area contributed by atoms with Crippen LogP contribution in [0.3, 0.4) is 0 Å². The molecule has 0 saturated heterocycles. The lowest BCUT2D eigenvalue weighted by molar-refractivity contribution is 0.820. The second-order valence-electron chi connectivity index (χ2n) is 6.33. The Labute approximate surface area is 151 Å². The van der Waals surface area contributed by atoms with Crippen molar-refractivity contribution in [3.05, 3.63) is 76.9 Å². The van der Waals surface area contributed by atoms with Crippen molar-refractivity contribution in [1.29, 1.82) is 0 Å². The molecule has 1 aliphatic rings. The number of benzene rings is 1. The Kier molecular flexibility index (Phi) is 6.76. The Balaban J connectivity index is 2.32. The molecule has 1 fully saturated rings. The van der Waals surface area contributed by atoms with Crippen LogP contribution >= 0.6 is 0 Å². The van der Waals surface area contributed by atoms with Crippen LogP contribution in [0.1, 0.15) is 32.3 Å². The molecule has 0 aromatic heterocycles. The Morgan fingerprint density at radius 3 is 2.68 bits per heavy atom. The van der Waals surface area contributed by atoms with Gasteiger partial charge in [0.1, 0.15) is 0 Å². The zero-order valence-corrected chi connectivity index (χ0v) is 15.4. The Bertz CT molecular complexity index is 833. The largest absolute Gasteiger partial charge is 0.385 e. The number of nitrogens with one attached hydrogen (secondary N) is 1. The maximum absolute atomic E-state index is 4.10. The third-order valence-electron chi connectivity index (χ3n) is 4.43. The van der Waals surface area contributed by atoms with Crippen LogP contribution in [0.25, 0.3) is 17.8 Å². The average Bonchev–Trinajstić information content (AvgIpc) is 3.43. The average molecular weight is 332 g/mol. The van der Waals surface area contributed by atoms with Crippen LogP contribution in [0, 0.1) is 5.92 Å². The van der Waals surface area contributed by atoms with Gasteiger partial charge in [0.2, 0.25) is 0 Å². The minimum absolute atomic E-state index is 0.675. The van der Waals surface area contributed by atoms with Crippen molar-refractivity contribution < 1.29 is 0 Å². The highest BCUT2D eigenvalue weighted by Gasteiger charge is 2.23. The summed E-state index contributed by atoms with van der Waals surface area (Å²) in [5, 5.41) is 5.62. The van der Waals surface area contributed by atoms with E-state index in [9.17, 15) is 0 Å². The SMILES string of the molecule is C=C/C=C(C)\C(=C/C)c1ccc(=C/CNC(=C)C2CC2)/c(=C\N=C)c1. The minimum atomic E-state index is 0.675. The second-order valence-corrected chi connectivity index (χ2v) is 6.33. The van der Waals surface area contributed by atoms with Gasteiger partial charge in [-0.1, -0.05) is 49.6 Å². The number of allylic oxidation sites excluding steroid dienone is 6. The highest BCUT2D eigenvalue weighted by Crippen LogP contribution is 2.33. The molecule has 0 bridgehead atoms. The Morgan fingerprint density at radius 2 is 2.08 bits per heavy atom. The van der Waals surface area contributed by atoms with Crippen LogP contribution in [0.2, 0.25) is 0 Å². The molecule has 2 rings (SSSR count). The predicted octanol–water partition coefficient (Wildman–Crippen LogP) is 3.95. The minimum Gasteiger partial charge on any atom is -0.385 e. The van der Waals surface area contributed by atoms with Gasteiger partial charge in [0.25, 0.3) is 0 Å². The summed E-state index contributed by atoms with van der Waals surface area (Å²) >= 11 is 0. The van der Waals surface area contributed by atoms with Gasteiger partial charge < -0.3 is 5.32 Å². The van der Waals surface area contributed by atoms with Crippen LogP contribution in [0.5, 0.6) is 0 Å². The summed E-state index contributed by atoms with van der Waals surface area (Å²) in [5.41, 5.74) is 4.71. The molecule has 25 heavy (non-hydrogen) atoms. The molecule has 1 N–H and O–H groups in total. The fourth-order valence-electron chi connectivity index (χ4n) is 2.90. The van der Waals surface area contributed by atoms with Gasteiger partial charge >= 0.3 is 0 Å². The number of aliphatic imine (C=N–C) groups is 1. The van der Waals surface area contributed by atoms with Crippen molar-refractivity contribution in [2.45, 2.75) is 26.7 Å². The molecule has 0 aliphatic heterocycles. The van der Waals surface area contributed by atoms with E-state index in [1.54, 1.807) is 0 Å². The van der Waals surface area contributed by atoms with Gasteiger partial charge in [-0.3, -0.25) is 4.99 Å². The molecule has 1 aromatic carbocycles. The monoisotopic (exact) mass is 332 g/mol. The van der Waals surface area contributed by atoms with E-state index >= 15 is 0 Å². The van der Waals surface area contributed by atoms with Gasteiger partial charge in [-0.15, -0.1) is 0 Å². The van der Waals surface area contributed by atoms with Gasteiger partial charge in [-0.05, 0) is 67.3 Å². The lowest BCUT2D eigenvalue weighted by atomic mass is 9.97. The Morgan fingerprint density at radius 1 is 1.32 bits per heavy atom. The first-order chi connectivity index (χ1) is 12.1. The zero-order valence-electron chi connectivity index (χ0n) is 15.4. The summed E-state index contributed by atoms with van der Waals surface area (Å²) in [6, 6.07) is 6.45. The third-order valence-corrected chi connectivity index (χ3v) is 4.43. The molecule has 0 unspecified atom stereocenters. The first kappa shape index (κ1) is 18.7. The summed E-state index contributed by atoms with van der Waals surface area (Å²) in [6.45, 7) is 16.4. The maximum Gasteiger partial charge on any atom is 0.0339 e. The van der Waals surface area contributed by atoms with Crippen LogP contribution in [-0.2, 0) is 0 Å². The van der Waals surface area contributed by atoms with E-state index in [0.29, 0.717) is 5.92 Å². The van der Waals surface area contributed by atoms with Gasteiger partial charge in [0, 0.05) is 23.7 Å². The van der Waals surface area contributed by atoms with E-state index in [4.69, 9.17) is 0 Å². The maximum atomic E-state index is 4.10. The molecule has 1 saturated carbocycles. The van der Waals surface area contributed by atoms with Gasteiger partial charge in [-0.2, -0.15) is 0 Å². The highest BCUT2D eigenvalue weighted by atomic mass is 14.9. The summed E-state index contributed by atoms with van der Waals surface area (Å²) in [6.07, 6.45) is 12.5. The quantitative estimate of drug-likeness (QED) is 0.566. The first-order valence-electron chi connectivity index (χ1n) is 8.76. The third kappa shape index (κ3) is 5.18. The molecule has 0 spiro atoms. The van der Waals surface area contributed by atoms with E-state index in [-0.39, 0.29) is 0 Å². The summed E-state index contributed by atoms with van der Waals surface area (Å²) in [5.74, 6) is 0.675. The summed E-state index contributed by atoms with van der Waals surface area (Å²) < 4.78 is 0. The molecule has 1 aromatic rings. The van der Waals surface area contributed by atoms with E-state index in [0.717, 1.165) is 22.7 Å². The topological polar surface area (TPSA) is 24.4 Å². The molecular formula is C23H28N2. The second kappa shape index (κ2) is 9.03. The smallest absolute Gasteiger partial charge is 0.0339 e. The zero-order chi connectivity index (χ0) is 18.2. The van der Waals surface area contributed by atoms with Crippen molar-refractivity contribution >= 4 is 24.6 Å². The van der Waals surface area contributed by atoms with Crippen LogP contribution in [0.15, 0.2) is 65.8 Å². The Hall–Kier alpha value is -2.61. The fraction of sp³-hybridized carbons (Fsp3) is 0.261. The molecule has 0 atom stereocenters. The fourth-order valence-corrected chi connectivity index (χ4v) is 2.90. The van der Waals surface area contributed by atoms with Crippen LogP contribution in [-0.4, -0.2) is 13.3 Å². The first-order valence-corrected chi connectivity index (χ1v) is 8.76. The normalized spacial score (nSPS) is 16.7. The van der Waals surface area contributed by atoms with Crippen molar-refractivity contribution in [2.75, 3.05) is 6.54 Å². The lowest BCUT2D eigenvalue weighted by Gasteiger charge is -2.08. The van der Waals surface area contributed by atoms with E-state index in [1.165, 1.54) is 29.6 Å². The van der Waals surface area contributed by atoms with Crippen LogP contribution in [0.4, 0.5) is 0 Å². The highest BCUT2D eigenvalue weighted by molar-refractivity contribution is 5.78. The van der Waals surface area contributed by atoms with E-state index in [2.05, 4.69) is 74.4 Å². The van der Waals surface area contributed by atoms with Crippen LogP contribution < -0.4 is 15.8 Å².